The highest BCUT2D eigenvalue weighted by Gasteiger charge is 2.21. The zero-order valence-electron chi connectivity index (χ0n) is 15.1. The third-order valence-electron chi connectivity index (χ3n) is 3.45. The molecule has 1 heterocycles. The number of aliphatic imine (C=N–C) groups is 1. The fraction of sp³-hybridized carbons (Fsp3) is 0.875. The predicted molar refractivity (Wildman–Crippen MR) is 91.8 cm³/mol. The Morgan fingerprint density at radius 2 is 2.13 bits per heavy atom. The summed E-state index contributed by atoms with van der Waals surface area (Å²) in [5.41, 5.74) is -0.475. The maximum Gasteiger partial charge on any atom is 0.410 e. The lowest BCUT2D eigenvalue weighted by molar-refractivity contribution is 0.0264. The average molecular weight is 328 g/mol. The standard InChI is InChI=1S/C16H32N4O3/c1-6-20(15(21)23-16(2,3)4)10-9-18-14(17-5)19-12-13-8-7-11-22-13/h13H,6-12H2,1-5H3,(H2,17,18,19). The van der Waals surface area contributed by atoms with Crippen molar-refractivity contribution in [2.45, 2.75) is 52.2 Å². The molecule has 1 aliphatic rings. The number of likely N-dealkylation sites (N-methyl/N-ethyl adjacent to an activating group) is 1. The number of nitrogens with zero attached hydrogens (tertiary/aromatic N) is 2. The Hall–Kier alpha value is -1.50. The Morgan fingerprint density at radius 3 is 2.65 bits per heavy atom. The number of amides is 1. The lowest BCUT2D eigenvalue weighted by Gasteiger charge is -2.26. The number of carbonyl (C=O) groups is 1. The second kappa shape index (κ2) is 9.60. The summed E-state index contributed by atoms with van der Waals surface area (Å²) in [6.07, 6.45) is 2.19. The van der Waals surface area contributed by atoms with E-state index in [0.29, 0.717) is 19.6 Å². The van der Waals surface area contributed by atoms with Crippen LogP contribution < -0.4 is 10.6 Å². The quantitative estimate of drug-likeness (QED) is 0.572. The molecular weight excluding hydrogens is 296 g/mol. The minimum absolute atomic E-state index is 0.266. The second-order valence-electron chi connectivity index (χ2n) is 6.57. The number of hydrogen-bond donors (Lipinski definition) is 2. The number of carbonyl (C=O) groups excluding carboxylic acids is 1. The normalized spacial score (nSPS) is 18.7. The number of nitrogens with one attached hydrogen (secondary N) is 2. The molecule has 0 aromatic rings. The fourth-order valence-corrected chi connectivity index (χ4v) is 2.25. The van der Waals surface area contributed by atoms with Crippen LogP contribution >= 0.6 is 0 Å². The Kier molecular flexibility index (Phi) is 8.16. The van der Waals surface area contributed by atoms with E-state index in [2.05, 4.69) is 15.6 Å². The second-order valence-corrected chi connectivity index (χ2v) is 6.57. The number of rotatable bonds is 6. The van der Waals surface area contributed by atoms with E-state index >= 15 is 0 Å². The molecule has 7 heteroatoms. The summed E-state index contributed by atoms with van der Waals surface area (Å²) in [4.78, 5) is 17.9. The molecule has 1 aliphatic heterocycles. The van der Waals surface area contributed by atoms with Crippen LogP contribution in [0.2, 0.25) is 0 Å². The third kappa shape index (κ3) is 8.06. The number of hydrogen-bond acceptors (Lipinski definition) is 4. The first-order valence-corrected chi connectivity index (χ1v) is 8.39. The maximum absolute atomic E-state index is 12.0. The van der Waals surface area contributed by atoms with Crippen LogP contribution in [0.15, 0.2) is 4.99 Å². The Bertz CT molecular complexity index is 387. The van der Waals surface area contributed by atoms with Gasteiger partial charge >= 0.3 is 6.09 Å². The SMILES string of the molecule is CCN(CCNC(=NC)NCC1CCCO1)C(=O)OC(C)(C)C. The Balaban J connectivity index is 2.29. The molecule has 0 aromatic carbocycles. The first kappa shape index (κ1) is 19.5. The molecule has 2 N–H and O–H groups in total. The molecular formula is C16H32N4O3. The van der Waals surface area contributed by atoms with E-state index < -0.39 is 5.60 Å². The lowest BCUT2D eigenvalue weighted by Crippen LogP contribution is -2.45. The summed E-state index contributed by atoms with van der Waals surface area (Å²) >= 11 is 0. The summed E-state index contributed by atoms with van der Waals surface area (Å²) in [5, 5.41) is 6.46. The van der Waals surface area contributed by atoms with Gasteiger partial charge in [0.15, 0.2) is 5.96 Å². The summed E-state index contributed by atoms with van der Waals surface area (Å²) < 4.78 is 11.0. The van der Waals surface area contributed by atoms with Crippen LogP contribution in [0.1, 0.15) is 40.5 Å². The van der Waals surface area contributed by atoms with Crippen molar-refractivity contribution in [3.63, 3.8) is 0 Å². The zero-order valence-corrected chi connectivity index (χ0v) is 15.1. The topological polar surface area (TPSA) is 75.2 Å². The summed E-state index contributed by atoms with van der Waals surface area (Å²) in [7, 11) is 1.73. The van der Waals surface area contributed by atoms with Crippen LogP contribution in [0.3, 0.4) is 0 Å². The molecule has 1 amide bonds. The smallest absolute Gasteiger partial charge is 0.410 e. The Morgan fingerprint density at radius 1 is 1.39 bits per heavy atom. The van der Waals surface area contributed by atoms with Gasteiger partial charge in [-0.2, -0.15) is 0 Å². The van der Waals surface area contributed by atoms with Crippen LogP contribution in [0, 0.1) is 0 Å². The van der Waals surface area contributed by atoms with Crippen LogP contribution in [0.25, 0.3) is 0 Å². The first-order chi connectivity index (χ1) is 10.9. The van der Waals surface area contributed by atoms with Gasteiger partial charge < -0.3 is 25.0 Å². The maximum atomic E-state index is 12.0. The van der Waals surface area contributed by atoms with Gasteiger partial charge in [0, 0.05) is 39.8 Å². The molecule has 1 saturated heterocycles. The van der Waals surface area contributed by atoms with Crippen LogP contribution in [0.4, 0.5) is 4.79 Å². The molecule has 0 aliphatic carbocycles. The van der Waals surface area contributed by atoms with Gasteiger partial charge in [0.2, 0.25) is 0 Å². The van der Waals surface area contributed by atoms with E-state index in [1.54, 1.807) is 11.9 Å². The van der Waals surface area contributed by atoms with Crippen molar-refractivity contribution in [2.24, 2.45) is 4.99 Å². The molecule has 23 heavy (non-hydrogen) atoms. The largest absolute Gasteiger partial charge is 0.444 e. The van der Waals surface area contributed by atoms with E-state index in [-0.39, 0.29) is 12.2 Å². The van der Waals surface area contributed by atoms with Gasteiger partial charge in [-0.15, -0.1) is 0 Å². The van der Waals surface area contributed by atoms with Gasteiger partial charge in [0.1, 0.15) is 5.60 Å². The molecule has 0 radical (unpaired) electrons. The van der Waals surface area contributed by atoms with Crippen molar-refractivity contribution >= 4 is 12.1 Å². The average Bonchev–Trinajstić information content (AvgIpc) is 2.98. The van der Waals surface area contributed by atoms with Crippen molar-refractivity contribution in [2.75, 3.05) is 39.8 Å². The van der Waals surface area contributed by atoms with Gasteiger partial charge in [-0.3, -0.25) is 4.99 Å². The van der Waals surface area contributed by atoms with E-state index in [9.17, 15) is 4.79 Å². The van der Waals surface area contributed by atoms with E-state index in [1.807, 2.05) is 27.7 Å². The molecule has 0 aromatic heterocycles. The molecule has 0 spiro atoms. The molecule has 0 bridgehead atoms. The molecule has 1 rings (SSSR count). The minimum Gasteiger partial charge on any atom is -0.444 e. The summed E-state index contributed by atoms with van der Waals surface area (Å²) in [6.45, 7) is 10.9. The van der Waals surface area contributed by atoms with Gasteiger partial charge in [-0.1, -0.05) is 0 Å². The van der Waals surface area contributed by atoms with Crippen LogP contribution in [0.5, 0.6) is 0 Å². The molecule has 0 saturated carbocycles. The molecule has 1 fully saturated rings. The van der Waals surface area contributed by atoms with E-state index in [4.69, 9.17) is 9.47 Å². The highest BCUT2D eigenvalue weighted by molar-refractivity contribution is 5.79. The predicted octanol–water partition coefficient (Wildman–Crippen LogP) is 1.59. The van der Waals surface area contributed by atoms with Gasteiger partial charge in [-0.05, 0) is 40.5 Å². The monoisotopic (exact) mass is 328 g/mol. The zero-order chi connectivity index (χ0) is 17.3. The lowest BCUT2D eigenvalue weighted by atomic mass is 10.2. The minimum atomic E-state index is -0.475. The van der Waals surface area contributed by atoms with E-state index in [1.165, 1.54) is 0 Å². The summed E-state index contributed by atoms with van der Waals surface area (Å²) in [6, 6.07) is 0. The van der Waals surface area contributed by atoms with E-state index in [0.717, 1.165) is 32.0 Å². The van der Waals surface area contributed by atoms with Gasteiger partial charge in [0.05, 0.1) is 6.10 Å². The first-order valence-electron chi connectivity index (χ1n) is 8.39. The highest BCUT2D eigenvalue weighted by Crippen LogP contribution is 2.10. The van der Waals surface area contributed by atoms with Crippen molar-refractivity contribution < 1.29 is 14.3 Å². The molecule has 7 nitrogen and oxygen atoms in total. The van der Waals surface area contributed by atoms with Gasteiger partial charge in [0.25, 0.3) is 0 Å². The van der Waals surface area contributed by atoms with Crippen LogP contribution in [-0.4, -0.2) is 68.5 Å². The highest BCUT2D eigenvalue weighted by atomic mass is 16.6. The number of ether oxygens (including phenoxy) is 2. The number of guanidine groups is 1. The fourth-order valence-electron chi connectivity index (χ4n) is 2.25. The molecule has 134 valence electrons. The van der Waals surface area contributed by atoms with Crippen LogP contribution in [-0.2, 0) is 9.47 Å². The van der Waals surface area contributed by atoms with Crippen molar-refractivity contribution in [3.05, 3.63) is 0 Å². The van der Waals surface area contributed by atoms with Gasteiger partial charge in [-0.25, -0.2) is 4.79 Å². The van der Waals surface area contributed by atoms with Crippen molar-refractivity contribution in [1.29, 1.82) is 0 Å². The molecule has 1 unspecified atom stereocenters. The van der Waals surface area contributed by atoms with Crippen molar-refractivity contribution in [3.8, 4) is 0 Å². The molecule has 1 atom stereocenters. The Labute approximate surface area is 139 Å². The third-order valence-corrected chi connectivity index (χ3v) is 3.45. The van der Waals surface area contributed by atoms with Crippen molar-refractivity contribution in [1.82, 2.24) is 15.5 Å². The summed E-state index contributed by atoms with van der Waals surface area (Å²) in [5.74, 6) is 0.723.